The fourth-order valence-corrected chi connectivity index (χ4v) is 1.55. The van der Waals surface area contributed by atoms with Gasteiger partial charge in [-0.3, -0.25) is 0 Å². The van der Waals surface area contributed by atoms with Crippen molar-refractivity contribution in [2.24, 2.45) is 4.99 Å². The lowest BCUT2D eigenvalue weighted by Crippen LogP contribution is -2.37. The first kappa shape index (κ1) is 10.7. The number of aliphatic imine (C=N–C) groups is 1. The summed E-state index contributed by atoms with van der Waals surface area (Å²) in [4.78, 5) is 15.9. The van der Waals surface area contributed by atoms with Crippen LogP contribution in [0, 0.1) is 0 Å². The highest BCUT2D eigenvalue weighted by molar-refractivity contribution is 6.06. The number of ether oxygens (including phenoxy) is 2. The molecule has 0 aliphatic carbocycles. The summed E-state index contributed by atoms with van der Waals surface area (Å²) in [6.07, 6.45) is -0.713. The molecule has 1 atom stereocenters. The minimum Gasteiger partial charge on any atom is -0.470 e. The summed E-state index contributed by atoms with van der Waals surface area (Å²) in [5.74, 6) is 0.226. The third kappa shape index (κ3) is 1.91. The monoisotopic (exact) mass is 219 g/mol. The number of carbonyl (C=O) groups is 1. The number of benzene rings is 1. The molecule has 1 aliphatic rings. The molecule has 0 aromatic heterocycles. The summed E-state index contributed by atoms with van der Waals surface area (Å²) in [7, 11) is 0. The van der Waals surface area contributed by atoms with Crippen molar-refractivity contribution in [2.45, 2.75) is 20.0 Å². The van der Waals surface area contributed by atoms with Gasteiger partial charge in [0.15, 0.2) is 0 Å². The molecule has 0 spiro atoms. The first-order chi connectivity index (χ1) is 7.72. The van der Waals surface area contributed by atoms with E-state index in [1.54, 1.807) is 19.9 Å². The molecule has 0 amide bonds. The molecule has 0 saturated heterocycles. The number of fused-ring (bicyclic) bond motifs is 1. The minimum absolute atomic E-state index is 0.341. The van der Waals surface area contributed by atoms with Crippen LogP contribution >= 0.6 is 0 Å². The molecule has 0 bridgehead atoms. The van der Waals surface area contributed by atoms with Crippen molar-refractivity contribution in [3.8, 4) is 5.75 Å². The van der Waals surface area contributed by atoms with E-state index in [2.05, 4.69) is 4.99 Å². The topological polar surface area (TPSA) is 47.9 Å². The number of hydrogen-bond acceptors (Lipinski definition) is 4. The standard InChI is InChI=1S/C12H13NO3/c1-3-15-12(14)11-8(2)13-9-6-4-5-7-10(9)16-11/h4-7,11H,3H2,1-2H3/t11-/m1/s1. The van der Waals surface area contributed by atoms with E-state index >= 15 is 0 Å². The average Bonchev–Trinajstić information content (AvgIpc) is 2.28. The zero-order valence-electron chi connectivity index (χ0n) is 9.27. The maximum Gasteiger partial charge on any atom is 0.353 e. The SMILES string of the molecule is CCOC(=O)[C@@H]1Oc2ccccc2N=C1C. The van der Waals surface area contributed by atoms with E-state index in [1.165, 1.54) is 0 Å². The molecule has 0 radical (unpaired) electrons. The number of hydrogen-bond donors (Lipinski definition) is 0. The molecule has 16 heavy (non-hydrogen) atoms. The van der Waals surface area contributed by atoms with E-state index in [9.17, 15) is 4.79 Å². The van der Waals surface area contributed by atoms with Gasteiger partial charge in [-0.15, -0.1) is 0 Å². The number of carbonyl (C=O) groups excluding carboxylic acids is 1. The van der Waals surface area contributed by atoms with Crippen LogP contribution in [0.25, 0.3) is 0 Å². The highest BCUT2D eigenvalue weighted by Crippen LogP contribution is 2.32. The first-order valence-corrected chi connectivity index (χ1v) is 5.20. The molecule has 0 N–H and O–H groups in total. The lowest BCUT2D eigenvalue weighted by atomic mass is 10.2. The third-order valence-corrected chi connectivity index (χ3v) is 2.29. The van der Waals surface area contributed by atoms with Gasteiger partial charge in [0, 0.05) is 0 Å². The van der Waals surface area contributed by atoms with Crippen LogP contribution in [0.3, 0.4) is 0 Å². The van der Waals surface area contributed by atoms with E-state index in [-0.39, 0.29) is 0 Å². The van der Waals surface area contributed by atoms with E-state index in [4.69, 9.17) is 9.47 Å². The molecule has 1 aliphatic heterocycles. The van der Waals surface area contributed by atoms with Gasteiger partial charge < -0.3 is 9.47 Å². The smallest absolute Gasteiger partial charge is 0.353 e. The van der Waals surface area contributed by atoms with Crippen LogP contribution in [0.15, 0.2) is 29.3 Å². The second-order valence-electron chi connectivity index (χ2n) is 3.47. The van der Waals surface area contributed by atoms with Gasteiger partial charge in [0.25, 0.3) is 0 Å². The second-order valence-corrected chi connectivity index (χ2v) is 3.47. The number of nitrogens with zero attached hydrogens (tertiary/aromatic N) is 1. The molecule has 0 fully saturated rings. The van der Waals surface area contributed by atoms with E-state index in [1.807, 2.05) is 18.2 Å². The Bertz CT molecular complexity index is 440. The van der Waals surface area contributed by atoms with Crippen LogP contribution in [-0.2, 0) is 9.53 Å². The van der Waals surface area contributed by atoms with E-state index in [0.29, 0.717) is 18.1 Å². The Morgan fingerprint density at radius 2 is 2.25 bits per heavy atom. The van der Waals surface area contributed by atoms with E-state index in [0.717, 1.165) is 5.69 Å². The molecular weight excluding hydrogens is 206 g/mol. The number of rotatable bonds is 2. The van der Waals surface area contributed by atoms with Gasteiger partial charge in [-0.05, 0) is 26.0 Å². The fourth-order valence-electron chi connectivity index (χ4n) is 1.55. The summed E-state index contributed by atoms with van der Waals surface area (Å²) < 4.78 is 10.5. The molecule has 1 aromatic rings. The van der Waals surface area contributed by atoms with Crippen LogP contribution in [0.4, 0.5) is 5.69 Å². The summed E-state index contributed by atoms with van der Waals surface area (Å²) in [5.41, 5.74) is 1.37. The molecule has 1 aromatic carbocycles. The van der Waals surface area contributed by atoms with Crippen LogP contribution < -0.4 is 4.74 Å². The Morgan fingerprint density at radius 1 is 1.50 bits per heavy atom. The summed E-state index contributed by atoms with van der Waals surface area (Å²) in [5, 5.41) is 0. The average molecular weight is 219 g/mol. The molecule has 0 saturated carbocycles. The van der Waals surface area contributed by atoms with Gasteiger partial charge in [-0.2, -0.15) is 0 Å². The lowest BCUT2D eigenvalue weighted by Gasteiger charge is -2.22. The normalized spacial score (nSPS) is 18.1. The van der Waals surface area contributed by atoms with Crippen molar-refractivity contribution < 1.29 is 14.3 Å². The summed E-state index contributed by atoms with van der Waals surface area (Å²) in [6.45, 7) is 3.87. The van der Waals surface area contributed by atoms with Crippen molar-refractivity contribution >= 4 is 17.4 Å². The van der Waals surface area contributed by atoms with Crippen molar-refractivity contribution in [2.75, 3.05) is 6.61 Å². The molecule has 4 heteroatoms. The van der Waals surface area contributed by atoms with Gasteiger partial charge in [0.05, 0.1) is 12.3 Å². The Hall–Kier alpha value is -1.84. The van der Waals surface area contributed by atoms with Gasteiger partial charge in [0.2, 0.25) is 6.10 Å². The predicted molar refractivity (Wildman–Crippen MR) is 60.3 cm³/mol. The second kappa shape index (κ2) is 4.35. The van der Waals surface area contributed by atoms with Crippen molar-refractivity contribution in [3.63, 3.8) is 0 Å². The first-order valence-electron chi connectivity index (χ1n) is 5.20. The maximum atomic E-state index is 11.6. The number of esters is 1. The van der Waals surface area contributed by atoms with Crippen molar-refractivity contribution in [1.29, 1.82) is 0 Å². The van der Waals surface area contributed by atoms with Gasteiger partial charge in [-0.1, -0.05) is 12.1 Å². The van der Waals surface area contributed by atoms with Crippen LogP contribution in [0.2, 0.25) is 0 Å². The Balaban J connectivity index is 2.26. The van der Waals surface area contributed by atoms with Crippen LogP contribution in [0.1, 0.15) is 13.8 Å². The Labute approximate surface area is 93.9 Å². The molecule has 84 valence electrons. The number of para-hydroxylation sites is 2. The van der Waals surface area contributed by atoms with Crippen molar-refractivity contribution in [1.82, 2.24) is 0 Å². The van der Waals surface area contributed by atoms with E-state index < -0.39 is 12.1 Å². The molecule has 2 rings (SSSR count). The van der Waals surface area contributed by atoms with Gasteiger partial charge in [0.1, 0.15) is 11.4 Å². The highest BCUT2D eigenvalue weighted by atomic mass is 16.6. The highest BCUT2D eigenvalue weighted by Gasteiger charge is 2.29. The van der Waals surface area contributed by atoms with Gasteiger partial charge in [-0.25, -0.2) is 9.79 Å². The fraction of sp³-hybridized carbons (Fsp3) is 0.333. The van der Waals surface area contributed by atoms with Crippen molar-refractivity contribution in [3.05, 3.63) is 24.3 Å². The molecule has 1 heterocycles. The zero-order valence-corrected chi connectivity index (χ0v) is 9.27. The Morgan fingerprint density at radius 3 is 3.00 bits per heavy atom. The molecular formula is C12H13NO3. The summed E-state index contributed by atoms with van der Waals surface area (Å²) >= 11 is 0. The zero-order chi connectivity index (χ0) is 11.5. The van der Waals surface area contributed by atoms with Crippen LogP contribution in [0.5, 0.6) is 5.75 Å². The van der Waals surface area contributed by atoms with Gasteiger partial charge >= 0.3 is 5.97 Å². The third-order valence-electron chi connectivity index (χ3n) is 2.29. The van der Waals surface area contributed by atoms with Crippen LogP contribution in [-0.4, -0.2) is 24.4 Å². The lowest BCUT2D eigenvalue weighted by molar-refractivity contribution is -0.148. The summed E-state index contributed by atoms with van der Waals surface area (Å²) in [6, 6.07) is 7.36. The molecule has 0 unspecified atom stereocenters. The maximum absolute atomic E-state index is 11.6. The quantitative estimate of drug-likeness (QED) is 0.716. The predicted octanol–water partition coefficient (Wildman–Crippen LogP) is 2.10. The minimum atomic E-state index is -0.713. The molecule has 4 nitrogen and oxygen atoms in total. The largest absolute Gasteiger partial charge is 0.470 e. The Kier molecular flexibility index (Phi) is 2.90.